The zero-order valence-electron chi connectivity index (χ0n) is 17.6. The third-order valence-electron chi connectivity index (χ3n) is 5.77. The van der Waals surface area contributed by atoms with E-state index in [1.165, 1.54) is 17.0 Å². The summed E-state index contributed by atoms with van der Waals surface area (Å²) >= 11 is 0. The lowest BCUT2D eigenvalue weighted by Crippen LogP contribution is -2.51. The summed E-state index contributed by atoms with van der Waals surface area (Å²) in [5, 5.41) is 3.43. The van der Waals surface area contributed by atoms with E-state index < -0.39 is 6.17 Å². The molecule has 2 amide bonds. The van der Waals surface area contributed by atoms with Crippen LogP contribution < -0.4 is 5.32 Å². The quantitative estimate of drug-likeness (QED) is 0.427. The Hall–Kier alpha value is -4.00. The molecule has 5 rings (SSSR count). The van der Waals surface area contributed by atoms with Crippen molar-refractivity contribution in [3.8, 4) is 22.3 Å². The first-order valence-corrected chi connectivity index (χ1v) is 10.5. The number of likely N-dealkylation sites (tertiary alicyclic amines) is 1. The van der Waals surface area contributed by atoms with E-state index in [0.717, 1.165) is 27.6 Å². The molecule has 1 saturated heterocycles. The van der Waals surface area contributed by atoms with Crippen LogP contribution in [-0.4, -0.2) is 36.5 Å². The van der Waals surface area contributed by atoms with Crippen molar-refractivity contribution in [3.05, 3.63) is 83.9 Å². The summed E-state index contributed by atoms with van der Waals surface area (Å²) in [7, 11) is 0. The van der Waals surface area contributed by atoms with Gasteiger partial charge in [-0.2, -0.15) is 0 Å². The van der Waals surface area contributed by atoms with Gasteiger partial charge in [0.2, 0.25) is 6.41 Å². The van der Waals surface area contributed by atoms with E-state index in [4.69, 9.17) is 4.42 Å². The van der Waals surface area contributed by atoms with Gasteiger partial charge in [0.25, 0.3) is 5.91 Å². The number of carbonyl (C=O) groups excluding carboxylic acids is 2. The Kier molecular flexibility index (Phi) is 5.38. The number of hydrogen-bond acceptors (Lipinski definition) is 3. The molecule has 1 aliphatic heterocycles. The molecular weight excluding hydrogens is 426 g/mol. The van der Waals surface area contributed by atoms with Crippen LogP contribution in [0.1, 0.15) is 16.1 Å². The molecule has 1 N–H and O–H groups in total. The number of nitrogens with one attached hydrogen (secondary N) is 1. The molecule has 1 aliphatic rings. The normalized spacial score (nSPS) is 13.7. The zero-order chi connectivity index (χ0) is 22.9. The summed E-state index contributed by atoms with van der Waals surface area (Å²) in [5.74, 6) is 0.0855. The number of amides is 2. The van der Waals surface area contributed by atoms with Crippen LogP contribution in [0.5, 0.6) is 0 Å². The van der Waals surface area contributed by atoms with Gasteiger partial charge in [0, 0.05) is 16.5 Å². The van der Waals surface area contributed by atoms with Gasteiger partial charge >= 0.3 is 0 Å². The number of carbonyl (C=O) groups is 2. The molecule has 166 valence electrons. The standard InChI is InChI=1S/C26H20F2N2O3/c27-21-7-5-17(6-8-21)24-11-19(9-20-10-23(12-29-15-31)33-25(20)24)16-1-3-18(4-2-16)26(32)30-13-22(28)14-30/h1-11,15,22H,12-14H2,(H,29,31). The molecule has 0 spiro atoms. The van der Waals surface area contributed by atoms with Crippen molar-refractivity contribution in [1.29, 1.82) is 0 Å². The molecule has 4 aromatic rings. The van der Waals surface area contributed by atoms with Crippen molar-refractivity contribution in [2.45, 2.75) is 12.7 Å². The monoisotopic (exact) mass is 446 g/mol. The van der Waals surface area contributed by atoms with Crippen LogP contribution in [0.15, 0.2) is 71.1 Å². The molecule has 1 fully saturated rings. The summed E-state index contributed by atoms with van der Waals surface area (Å²) in [6, 6.07) is 19.1. The smallest absolute Gasteiger partial charge is 0.254 e. The van der Waals surface area contributed by atoms with Crippen molar-refractivity contribution in [2.24, 2.45) is 0 Å². The number of halogens is 2. The maximum Gasteiger partial charge on any atom is 0.254 e. The van der Waals surface area contributed by atoms with Crippen LogP contribution in [-0.2, 0) is 11.3 Å². The first-order valence-electron chi connectivity index (χ1n) is 10.5. The number of furan rings is 1. The van der Waals surface area contributed by atoms with Gasteiger partial charge in [0.05, 0.1) is 19.6 Å². The zero-order valence-corrected chi connectivity index (χ0v) is 17.6. The minimum absolute atomic E-state index is 0.139. The highest BCUT2D eigenvalue weighted by Gasteiger charge is 2.30. The Morgan fingerprint density at radius 3 is 2.36 bits per heavy atom. The highest BCUT2D eigenvalue weighted by Crippen LogP contribution is 2.36. The summed E-state index contributed by atoms with van der Waals surface area (Å²) in [6.45, 7) is 0.531. The third-order valence-corrected chi connectivity index (χ3v) is 5.77. The van der Waals surface area contributed by atoms with E-state index in [-0.39, 0.29) is 31.4 Å². The molecule has 0 aliphatic carbocycles. The molecule has 0 radical (unpaired) electrons. The van der Waals surface area contributed by atoms with Gasteiger partial charge in [-0.05, 0) is 59.2 Å². The molecule has 0 bridgehead atoms. The molecule has 5 nitrogen and oxygen atoms in total. The average Bonchev–Trinajstić information content (AvgIpc) is 3.23. The summed E-state index contributed by atoms with van der Waals surface area (Å²) in [6.07, 6.45) is -0.331. The van der Waals surface area contributed by atoms with Gasteiger partial charge in [-0.1, -0.05) is 24.3 Å². The Morgan fingerprint density at radius 1 is 1.00 bits per heavy atom. The van der Waals surface area contributed by atoms with Crippen molar-refractivity contribution in [1.82, 2.24) is 10.2 Å². The summed E-state index contributed by atoms with van der Waals surface area (Å²) in [5.41, 5.74) is 4.50. The van der Waals surface area contributed by atoms with E-state index in [9.17, 15) is 18.4 Å². The van der Waals surface area contributed by atoms with Crippen LogP contribution >= 0.6 is 0 Å². The molecule has 7 heteroatoms. The van der Waals surface area contributed by atoms with Gasteiger partial charge in [0.15, 0.2) is 0 Å². The number of benzene rings is 3. The van der Waals surface area contributed by atoms with Crippen molar-refractivity contribution < 1.29 is 22.8 Å². The Bertz CT molecular complexity index is 1320. The predicted molar refractivity (Wildman–Crippen MR) is 121 cm³/mol. The summed E-state index contributed by atoms with van der Waals surface area (Å²) < 4.78 is 32.6. The lowest BCUT2D eigenvalue weighted by atomic mass is 9.96. The maximum atomic E-state index is 13.5. The Morgan fingerprint density at radius 2 is 1.70 bits per heavy atom. The molecule has 0 saturated carbocycles. The van der Waals surface area contributed by atoms with E-state index in [1.54, 1.807) is 24.3 Å². The first-order chi connectivity index (χ1) is 16.0. The van der Waals surface area contributed by atoms with Gasteiger partial charge in [0.1, 0.15) is 23.3 Å². The number of rotatable bonds is 6. The lowest BCUT2D eigenvalue weighted by molar-refractivity contribution is -0.109. The number of hydrogen-bond donors (Lipinski definition) is 1. The molecule has 0 unspecified atom stereocenters. The number of nitrogens with zero attached hydrogens (tertiary/aromatic N) is 1. The van der Waals surface area contributed by atoms with Crippen LogP contribution in [0.3, 0.4) is 0 Å². The van der Waals surface area contributed by atoms with Crippen LogP contribution in [0.4, 0.5) is 8.78 Å². The number of fused-ring (bicyclic) bond motifs is 1. The molecule has 3 aromatic carbocycles. The van der Waals surface area contributed by atoms with Crippen LogP contribution in [0, 0.1) is 5.82 Å². The second-order valence-electron chi connectivity index (χ2n) is 8.05. The number of alkyl halides is 1. The summed E-state index contributed by atoms with van der Waals surface area (Å²) in [4.78, 5) is 24.6. The van der Waals surface area contributed by atoms with Crippen LogP contribution in [0.25, 0.3) is 33.2 Å². The molecule has 2 heterocycles. The fourth-order valence-corrected chi connectivity index (χ4v) is 4.02. The van der Waals surface area contributed by atoms with Gasteiger partial charge in [-0.15, -0.1) is 0 Å². The fraction of sp³-hybridized carbons (Fsp3) is 0.154. The van der Waals surface area contributed by atoms with Gasteiger partial charge < -0.3 is 14.6 Å². The second-order valence-corrected chi connectivity index (χ2v) is 8.05. The van der Waals surface area contributed by atoms with E-state index in [2.05, 4.69) is 5.32 Å². The first kappa shape index (κ1) is 20.9. The molecular formula is C26H20F2N2O3. The second kappa shape index (κ2) is 8.50. The van der Waals surface area contributed by atoms with Crippen molar-refractivity contribution >= 4 is 23.3 Å². The van der Waals surface area contributed by atoms with Crippen LogP contribution in [0.2, 0.25) is 0 Å². The highest BCUT2D eigenvalue weighted by molar-refractivity contribution is 5.98. The molecule has 1 aromatic heterocycles. The van der Waals surface area contributed by atoms with Crippen molar-refractivity contribution in [2.75, 3.05) is 13.1 Å². The molecule has 33 heavy (non-hydrogen) atoms. The molecule has 0 atom stereocenters. The predicted octanol–water partition coefficient (Wildman–Crippen LogP) is 4.95. The Balaban J connectivity index is 1.54. The lowest BCUT2D eigenvalue weighted by Gasteiger charge is -2.34. The van der Waals surface area contributed by atoms with Gasteiger partial charge in [-0.25, -0.2) is 8.78 Å². The third kappa shape index (κ3) is 4.09. The van der Waals surface area contributed by atoms with Gasteiger partial charge in [-0.3, -0.25) is 9.59 Å². The largest absolute Gasteiger partial charge is 0.459 e. The van der Waals surface area contributed by atoms with E-state index in [1.807, 2.05) is 30.3 Å². The maximum absolute atomic E-state index is 13.5. The SMILES string of the molecule is O=CNCc1cc2cc(-c3ccc(C(=O)N4CC(F)C4)cc3)cc(-c3ccc(F)cc3)c2o1. The topological polar surface area (TPSA) is 62.6 Å². The van der Waals surface area contributed by atoms with Crippen molar-refractivity contribution in [3.63, 3.8) is 0 Å². The van der Waals surface area contributed by atoms with E-state index in [0.29, 0.717) is 23.3 Å². The average molecular weight is 446 g/mol. The minimum atomic E-state index is -0.939. The minimum Gasteiger partial charge on any atom is -0.459 e. The highest BCUT2D eigenvalue weighted by atomic mass is 19.1. The van der Waals surface area contributed by atoms with E-state index >= 15 is 0 Å². The fourth-order valence-electron chi connectivity index (χ4n) is 4.02. The Labute approximate surface area is 188 Å².